The molecule has 0 aliphatic rings. The fourth-order valence-corrected chi connectivity index (χ4v) is 13.0. The maximum Gasteiger partial charge on any atom is 0.472 e. The Balaban J connectivity index is 5.16. The lowest BCUT2D eigenvalue weighted by Crippen LogP contribution is -2.30. The van der Waals surface area contributed by atoms with Gasteiger partial charge in [-0.15, -0.1) is 0 Å². The SMILES string of the molecule is CCCCCCCCCCCCC(=O)OC[C@H](COP(=O)(O)OC[C@H](O)COP(=O)(O)OC[C@@H](COC(=O)CCCCCCCCCCC(C)C)OC(=O)CCCCCCCCCCCCCCCCCCCCC(C)CC)OC(=O)CCCCCCCCCCC(C)C. The van der Waals surface area contributed by atoms with Gasteiger partial charge in [0.25, 0.3) is 0 Å². The Hall–Kier alpha value is -1.94. The lowest BCUT2D eigenvalue weighted by molar-refractivity contribution is -0.161. The van der Waals surface area contributed by atoms with E-state index in [1.165, 1.54) is 193 Å². The van der Waals surface area contributed by atoms with Gasteiger partial charge < -0.3 is 33.8 Å². The van der Waals surface area contributed by atoms with Gasteiger partial charge in [-0.3, -0.25) is 37.3 Å². The van der Waals surface area contributed by atoms with E-state index in [1.54, 1.807) is 0 Å². The summed E-state index contributed by atoms with van der Waals surface area (Å²) in [5.74, 6) is 0.193. The number of phosphoric acid groups is 2. The van der Waals surface area contributed by atoms with Crippen LogP contribution in [0.5, 0.6) is 0 Å². The highest BCUT2D eigenvalue weighted by molar-refractivity contribution is 7.47. The Morgan fingerprint density at radius 3 is 0.809 bits per heavy atom. The molecule has 0 aromatic carbocycles. The summed E-state index contributed by atoms with van der Waals surface area (Å²) in [5, 5.41) is 10.6. The van der Waals surface area contributed by atoms with Crippen LogP contribution >= 0.6 is 15.6 Å². The predicted octanol–water partition coefficient (Wildman–Crippen LogP) is 21.8. The first kappa shape index (κ1) is 92.1. The Bertz CT molecular complexity index is 1840. The quantitative estimate of drug-likeness (QED) is 0.0222. The van der Waals surface area contributed by atoms with Gasteiger partial charge in [0.05, 0.1) is 26.4 Å². The first-order chi connectivity index (χ1) is 45.3. The van der Waals surface area contributed by atoms with E-state index in [1.807, 2.05) is 0 Å². The number of rotatable bonds is 73. The van der Waals surface area contributed by atoms with Gasteiger partial charge in [0.1, 0.15) is 19.3 Å². The number of carbonyl (C=O) groups is 4. The van der Waals surface area contributed by atoms with Crippen LogP contribution in [0.3, 0.4) is 0 Å². The third kappa shape index (κ3) is 67.3. The average Bonchev–Trinajstić information content (AvgIpc) is 1.68. The Morgan fingerprint density at radius 2 is 0.543 bits per heavy atom. The van der Waals surface area contributed by atoms with Crippen molar-refractivity contribution in [3.8, 4) is 0 Å². The van der Waals surface area contributed by atoms with Crippen molar-refractivity contribution >= 4 is 39.5 Å². The minimum absolute atomic E-state index is 0.104. The number of unbranched alkanes of at least 4 members (excludes halogenated alkanes) is 40. The van der Waals surface area contributed by atoms with Crippen molar-refractivity contribution in [1.82, 2.24) is 0 Å². The molecule has 0 bridgehead atoms. The molecular weight excluding hydrogens is 1230 g/mol. The van der Waals surface area contributed by atoms with Gasteiger partial charge in [0.15, 0.2) is 12.2 Å². The molecule has 0 saturated carbocycles. The second-order valence-electron chi connectivity index (χ2n) is 28.2. The molecule has 3 N–H and O–H groups in total. The van der Waals surface area contributed by atoms with Gasteiger partial charge in [-0.2, -0.15) is 0 Å². The normalized spacial score (nSPS) is 14.4. The number of aliphatic hydroxyl groups is 1. The molecule has 0 amide bonds. The first-order valence-corrected chi connectivity index (χ1v) is 41.9. The van der Waals surface area contributed by atoms with Crippen LogP contribution in [0, 0.1) is 17.8 Å². The van der Waals surface area contributed by atoms with Crippen LogP contribution in [0.2, 0.25) is 0 Å². The monoisotopic (exact) mass is 1380 g/mol. The molecule has 558 valence electrons. The molecule has 0 aromatic heterocycles. The summed E-state index contributed by atoms with van der Waals surface area (Å²) in [6.45, 7) is 11.9. The van der Waals surface area contributed by atoms with E-state index in [0.717, 1.165) is 108 Å². The van der Waals surface area contributed by atoms with Crippen molar-refractivity contribution in [2.24, 2.45) is 17.8 Å². The number of carbonyl (C=O) groups excluding carboxylic acids is 4. The molecule has 19 heteroatoms. The summed E-state index contributed by atoms with van der Waals surface area (Å²) in [7, 11) is -9.91. The fourth-order valence-electron chi connectivity index (χ4n) is 11.4. The molecule has 0 aliphatic carbocycles. The first-order valence-electron chi connectivity index (χ1n) is 38.9. The highest BCUT2D eigenvalue weighted by Crippen LogP contribution is 2.45. The number of hydrogen-bond acceptors (Lipinski definition) is 15. The lowest BCUT2D eigenvalue weighted by atomic mass is 9.99. The molecule has 0 rings (SSSR count). The van der Waals surface area contributed by atoms with Crippen LogP contribution in [0.25, 0.3) is 0 Å². The molecule has 94 heavy (non-hydrogen) atoms. The molecule has 6 atom stereocenters. The van der Waals surface area contributed by atoms with E-state index in [2.05, 4.69) is 48.5 Å². The predicted molar refractivity (Wildman–Crippen MR) is 381 cm³/mol. The van der Waals surface area contributed by atoms with Crippen molar-refractivity contribution in [1.29, 1.82) is 0 Å². The molecule has 3 unspecified atom stereocenters. The van der Waals surface area contributed by atoms with Gasteiger partial charge in [-0.25, -0.2) is 9.13 Å². The molecular formula is C75H146O17P2. The fraction of sp³-hybridized carbons (Fsp3) is 0.947. The molecule has 0 saturated heterocycles. The molecule has 0 aromatic rings. The topological polar surface area (TPSA) is 237 Å². The average molecular weight is 1380 g/mol. The Labute approximate surface area is 575 Å². The van der Waals surface area contributed by atoms with Gasteiger partial charge in [0, 0.05) is 25.7 Å². The molecule has 0 radical (unpaired) electrons. The third-order valence-electron chi connectivity index (χ3n) is 17.7. The van der Waals surface area contributed by atoms with Crippen molar-refractivity contribution < 1.29 is 80.2 Å². The summed E-state index contributed by atoms with van der Waals surface area (Å²) in [6.07, 6.45) is 51.5. The Kier molecular flexibility index (Phi) is 64.3. The number of phosphoric ester groups is 2. The van der Waals surface area contributed by atoms with Crippen molar-refractivity contribution in [2.45, 2.75) is 401 Å². The standard InChI is InChI=1S/C75H146O17P2/c1-8-10-11-12-13-14-26-35-42-49-56-72(77)85-62-71(92-75(80)59-52-45-38-31-29-33-40-47-54-67(5)6)65-90-94(83,84)88-61-69(76)60-87-93(81,82)89-64-70(63-86-73(78)57-50-43-36-30-28-32-39-46-53-66(3)4)91-74(79)58-51-44-37-27-24-22-20-18-16-15-17-19-21-23-25-34-41-48-55-68(7)9-2/h66-71,76H,8-65H2,1-7H3,(H,81,82)(H,83,84)/t68?,69-,70-,71-/m1/s1. The van der Waals surface area contributed by atoms with Gasteiger partial charge >= 0.3 is 39.5 Å². The van der Waals surface area contributed by atoms with Crippen LogP contribution < -0.4 is 0 Å². The molecule has 0 spiro atoms. The summed E-state index contributed by atoms with van der Waals surface area (Å²) < 4.78 is 68.4. The van der Waals surface area contributed by atoms with E-state index >= 15 is 0 Å². The van der Waals surface area contributed by atoms with Crippen molar-refractivity contribution in [3.63, 3.8) is 0 Å². The summed E-state index contributed by atoms with van der Waals surface area (Å²) >= 11 is 0. The minimum atomic E-state index is -4.96. The molecule has 0 aliphatic heterocycles. The van der Waals surface area contributed by atoms with Gasteiger partial charge in [-0.05, 0) is 43.4 Å². The Morgan fingerprint density at radius 1 is 0.309 bits per heavy atom. The van der Waals surface area contributed by atoms with E-state index in [4.69, 9.17) is 37.0 Å². The minimum Gasteiger partial charge on any atom is -0.462 e. The van der Waals surface area contributed by atoms with Crippen LogP contribution in [-0.4, -0.2) is 96.7 Å². The lowest BCUT2D eigenvalue weighted by Gasteiger charge is -2.21. The zero-order chi connectivity index (χ0) is 69.4. The number of aliphatic hydroxyl groups excluding tert-OH is 1. The highest BCUT2D eigenvalue weighted by atomic mass is 31.2. The zero-order valence-corrected chi connectivity index (χ0v) is 63.2. The van der Waals surface area contributed by atoms with E-state index in [-0.39, 0.29) is 25.7 Å². The molecule has 0 fully saturated rings. The number of ether oxygens (including phenoxy) is 4. The number of hydrogen-bond donors (Lipinski definition) is 3. The highest BCUT2D eigenvalue weighted by Gasteiger charge is 2.30. The summed E-state index contributed by atoms with van der Waals surface area (Å²) in [4.78, 5) is 72.6. The van der Waals surface area contributed by atoms with Crippen LogP contribution in [0.1, 0.15) is 382 Å². The van der Waals surface area contributed by atoms with Crippen LogP contribution in [0.15, 0.2) is 0 Å². The van der Waals surface area contributed by atoms with E-state index in [0.29, 0.717) is 25.7 Å². The van der Waals surface area contributed by atoms with Crippen molar-refractivity contribution in [3.05, 3.63) is 0 Å². The maximum absolute atomic E-state index is 13.1. The van der Waals surface area contributed by atoms with Crippen molar-refractivity contribution in [2.75, 3.05) is 39.6 Å². The van der Waals surface area contributed by atoms with E-state index in [9.17, 15) is 43.2 Å². The van der Waals surface area contributed by atoms with Crippen LogP contribution in [-0.2, 0) is 65.4 Å². The van der Waals surface area contributed by atoms with Crippen LogP contribution in [0.4, 0.5) is 0 Å². The largest absolute Gasteiger partial charge is 0.472 e. The van der Waals surface area contributed by atoms with E-state index < -0.39 is 97.5 Å². The zero-order valence-electron chi connectivity index (χ0n) is 61.4. The molecule has 0 heterocycles. The second kappa shape index (κ2) is 65.7. The maximum atomic E-state index is 13.1. The van der Waals surface area contributed by atoms with Gasteiger partial charge in [-0.1, -0.05) is 331 Å². The third-order valence-corrected chi connectivity index (χ3v) is 19.6. The summed E-state index contributed by atoms with van der Waals surface area (Å²) in [6, 6.07) is 0. The second-order valence-corrected chi connectivity index (χ2v) is 31.1. The smallest absolute Gasteiger partial charge is 0.462 e. The molecule has 17 nitrogen and oxygen atoms in total. The number of esters is 4. The summed E-state index contributed by atoms with van der Waals surface area (Å²) in [5.41, 5.74) is 0. The van der Waals surface area contributed by atoms with Gasteiger partial charge in [0.2, 0.25) is 0 Å².